The number of benzene rings is 3. The predicted molar refractivity (Wildman–Crippen MR) is 153 cm³/mol. The Hall–Kier alpha value is -4.26. The van der Waals surface area contributed by atoms with Crippen molar-refractivity contribution in [2.75, 3.05) is 13.7 Å². The molecule has 7 nitrogen and oxygen atoms in total. The summed E-state index contributed by atoms with van der Waals surface area (Å²) in [5, 5.41) is 11.6. The summed E-state index contributed by atoms with van der Waals surface area (Å²) in [5.41, 5.74) is 3.00. The van der Waals surface area contributed by atoms with Crippen LogP contribution in [-0.2, 0) is 22.6 Å². The first-order valence-electron chi connectivity index (χ1n) is 13.8. The van der Waals surface area contributed by atoms with E-state index in [1.807, 2.05) is 49.4 Å². The number of carbonyl (C=O) groups excluding carboxylic acids is 2. The lowest BCUT2D eigenvalue weighted by Gasteiger charge is -2.26. The van der Waals surface area contributed by atoms with Crippen molar-refractivity contribution in [3.8, 4) is 17.2 Å². The van der Waals surface area contributed by atoms with Gasteiger partial charge < -0.3 is 24.2 Å². The van der Waals surface area contributed by atoms with Crippen LogP contribution in [-0.4, -0.2) is 41.5 Å². The number of likely N-dealkylation sites (tertiary alicyclic amines) is 1. The van der Waals surface area contributed by atoms with Crippen LogP contribution < -0.4 is 14.2 Å². The molecule has 5 rings (SSSR count). The highest BCUT2D eigenvalue weighted by atomic mass is 16.5. The molecule has 0 bridgehead atoms. The van der Waals surface area contributed by atoms with E-state index in [9.17, 15) is 14.7 Å². The van der Waals surface area contributed by atoms with Crippen molar-refractivity contribution in [1.29, 1.82) is 0 Å². The first-order chi connectivity index (χ1) is 19.4. The zero-order chi connectivity index (χ0) is 28.2. The fraction of sp³-hybridized carbons (Fsp3) is 0.333. The molecule has 2 atom stereocenters. The van der Waals surface area contributed by atoms with Crippen LogP contribution in [0.5, 0.6) is 17.2 Å². The number of methoxy groups -OCH3 is 1. The molecule has 1 fully saturated rings. The van der Waals surface area contributed by atoms with E-state index in [1.165, 1.54) is 4.90 Å². The molecule has 0 unspecified atom stereocenters. The molecule has 208 valence electrons. The molecule has 0 aromatic heterocycles. The number of ether oxygens (including phenoxy) is 3. The monoisotopic (exact) mass is 541 g/mol. The first kappa shape index (κ1) is 27.3. The molecule has 0 radical (unpaired) electrons. The van der Waals surface area contributed by atoms with E-state index in [1.54, 1.807) is 31.4 Å². The molecule has 2 aliphatic rings. The first-order valence-corrected chi connectivity index (χ1v) is 13.8. The van der Waals surface area contributed by atoms with Gasteiger partial charge in [-0.25, -0.2) is 0 Å². The quantitative estimate of drug-likeness (QED) is 0.142. The summed E-state index contributed by atoms with van der Waals surface area (Å²) in [4.78, 5) is 28.5. The van der Waals surface area contributed by atoms with Gasteiger partial charge in [-0.2, -0.15) is 0 Å². The summed E-state index contributed by atoms with van der Waals surface area (Å²) in [5.74, 6) is 0.275. The fourth-order valence-electron chi connectivity index (χ4n) is 5.40. The number of fused-ring (bicyclic) bond motifs is 1. The average Bonchev–Trinajstić information content (AvgIpc) is 3.46. The van der Waals surface area contributed by atoms with Crippen molar-refractivity contribution in [2.45, 2.75) is 58.2 Å². The maximum absolute atomic E-state index is 13.5. The highest BCUT2D eigenvalue weighted by Crippen LogP contribution is 2.43. The van der Waals surface area contributed by atoms with Gasteiger partial charge in [0.2, 0.25) is 0 Å². The Balaban J connectivity index is 1.58. The van der Waals surface area contributed by atoms with Crippen LogP contribution in [0, 0.1) is 0 Å². The van der Waals surface area contributed by atoms with Crippen molar-refractivity contribution >= 4 is 17.4 Å². The van der Waals surface area contributed by atoms with Crippen LogP contribution >= 0.6 is 0 Å². The molecule has 1 saturated heterocycles. The van der Waals surface area contributed by atoms with Crippen molar-refractivity contribution in [2.24, 2.45) is 0 Å². The number of Topliss-reactive ketones (excluding diaryl/α,β-unsaturated/α-hetero) is 1. The molecule has 1 amide bonds. The molecule has 7 heteroatoms. The minimum absolute atomic E-state index is 0.0408. The summed E-state index contributed by atoms with van der Waals surface area (Å²) in [6.45, 7) is 4.90. The highest BCUT2D eigenvalue weighted by Gasteiger charge is 2.46. The van der Waals surface area contributed by atoms with Crippen LogP contribution in [0.3, 0.4) is 0 Å². The lowest BCUT2D eigenvalue weighted by Crippen LogP contribution is -2.29. The van der Waals surface area contributed by atoms with Gasteiger partial charge in [-0.3, -0.25) is 9.59 Å². The summed E-state index contributed by atoms with van der Waals surface area (Å²) in [6.07, 6.45) is 3.85. The minimum atomic E-state index is -0.813. The van der Waals surface area contributed by atoms with Gasteiger partial charge in [0.15, 0.2) is 11.5 Å². The molecular weight excluding hydrogens is 506 g/mol. The number of carbonyl (C=O) groups is 2. The molecule has 0 aliphatic carbocycles. The van der Waals surface area contributed by atoms with E-state index in [0.717, 1.165) is 36.1 Å². The summed E-state index contributed by atoms with van der Waals surface area (Å²) >= 11 is 0. The Morgan fingerprint density at radius 2 is 1.82 bits per heavy atom. The zero-order valence-electron chi connectivity index (χ0n) is 23.2. The molecule has 0 spiro atoms. The Kier molecular flexibility index (Phi) is 8.10. The Morgan fingerprint density at radius 3 is 2.58 bits per heavy atom. The Morgan fingerprint density at radius 1 is 1.02 bits per heavy atom. The second-order valence-electron chi connectivity index (χ2n) is 10.3. The van der Waals surface area contributed by atoms with Crippen LogP contribution in [0.4, 0.5) is 0 Å². The van der Waals surface area contributed by atoms with Crippen molar-refractivity contribution < 1.29 is 28.9 Å². The number of aliphatic hydroxyl groups excluding tert-OH is 1. The second-order valence-corrected chi connectivity index (χ2v) is 10.3. The van der Waals surface area contributed by atoms with Gasteiger partial charge in [-0.1, -0.05) is 56.2 Å². The van der Waals surface area contributed by atoms with Crippen LogP contribution in [0.1, 0.15) is 61.4 Å². The summed E-state index contributed by atoms with van der Waals surface area (Å²) < 4.78 is 17.4. The van der Waals surface area contributed by atoms with Crippen molar-refractivity contribution in [3.05, 3.63) is 94.6 Å². The molecule has 2 aliphatic heterocycles. The number of hydrogen-bond donors (Lipinski definition) is 1. The van der Waals surface area contributed by atoms with E-state index in [2.05, 4.69) is 6.92 Å². The number of aliphatic hydroxyl groups is 1. The molecule has 3 aromatic carbocycles. The molecule has 40 heavy (non-hydrogen) atoms. The third-order valence-corrected chi connectivity index (χ3v) is 7.41. The van der Waals surface area contributed by atoms with E-state index < -0.39 is 17.7 Å². The second kappa shape index (κ2) is 11.9. The third-order valence-electron chi connectivity index (χ3n) is 7.41. The van der Waals surface area contributed by atoms with Gasteiger partial charge in [-0.15, -0.1) is 0 Å². The largest absolute Gasteiger partial charge is 0.507 e. The minimum Gasteiger partial charge on any atom is -0.507 e. The van der Waals surface area contributed by atoms with Gasteiger partial charge >= 0.3 is 0 Å². The molecule has 3 aromatic rings. The summed E-state index contributed by atoms with van der Waals surface area (Å²) in [6, 6.07) is 19.5. The molecule has 1 N–H and O–H groups in total. The molecular formula is C33H35NO6. The van der Waals surface area contributed by atoms with Gasteiger partial charge in [0.1, 0.15) is 17.6 Å². The number of nitrogens with zero attached hydrogens (tertiary/aromatic N) is 1. The van der Waals surface area contributed by atoms with Gasteiger partial charge in [0, 0.05) is 18.5 Å². The van der Waals surface area contributed by atoms with Crippen LogP contribution in [0.2, 0.25) is 0 Å². The van der Waals surface area contributed by atoms with Gasteiger partial charge in [0.25, 0.3) is 11.7 Å². The van der Waals surface area contributed by atoms with Gasteiger partial charge in [-0.05, 0) is 60.4 Å². The van der Waals surface area contributed by atoms with Crippen molar-refractivity contribution in [3.63, 3.8) is 0 Å². The average molecular weight is 542 g/mol. The number of unbranched alkanes of at least 4 members (excludes halogenated alkanes) is 2. The SMILES string of the molecule is CCCCCOc1ccc([C@H]2/C(=C(\O)c3ccc4c(c3)C[C@H](C)O4)C(=O)C(=O)N2Cc2ccccc2)cc1OC. The van der Waals surface area contributed by atoms with Crippen LogP contribution in [0.15, 0.2) is 72.3 Å². The summed E-state index contributed by atoms with van der Waals surface area (Å²) in [7, 11) is 1.56. The Labute approximate surface area is 235 Å². The van der Waals surface area contributed by atoms with Gasteiger partial charge in [0.05, 0.1) is 25.3 Å². The van der Waals surface area contributed by atoms with E-state index in [4.69, 9.17) is 14.2 Å². The van der Waals surface area contributed by atoms with E-state index in [0.29, 0.717) is 35.7 Å². The zero-order valence-corrected chi connectivity index (χ0v) is 23.2. The van der Waals surface area contributed by atoms with E-state index in [-0.39, 0.29) is 24.0 Å². The lowest BCUT2D eigenvalue weighted by molar-refractivity contribution is -0.140. The van der Waals surface area contributed by atoms with E-state index >= 15 is 0 Å². The number of ketones is 1. The van der Waals surface area contributed by atoms with Crippen molar-refractivity contribution in [1.82, 2.24) is 4.90 Å². The number of hydrogen-bond acceptors (Lipinski definition) is 6. The topological polar surface area (TPSA) is 85.3 Å². The number of amides is 1. The fourth-order valence-corrected chi connectivity index (χ4v) is 5.40. The lowest BCUT2D eigenvalue weighted by atomic mass is 9.94. The third kappa shape index (κ3) is 5.41. The number of rotatable bonds is 10. The normalized spacial score (nSPS) is 19.4. The molecule has 2 heterocycles. The smallest absolute Gasteiger partial charge is 0.295 e. The Bertz CT molecular complexity index is 1430. The van der Waals surface area contributed by atoms with Crippen LogP contribution in [0.25, 0.3) is 5.76 Å². The predicted octanol–water partition coefficient (Wildman–Crippen LogP) is 6.21. The highest BCUT2D eigenvalue weighted by molar-refractivity contribution is 6.46. The standard InChI is InChI=1S/C33H35NO6/c1-4-5-9-16-39-27-15-12-23(19-28(27)38-3)30-29(31(35)24-13-14-26-25(18-24)17-21(2)40-26)32(36)33(37)34(30)20-22-10-7-6-8-11-22/h6-8,10-15,18-19,21,30,35H,4-5,9,16-17,20H2,1-3H3/b31-29+/t21-,30-/m0/s1. The molecule has 0 saturated carbocycles. The maximum Gasteiger partial charge on any atom is 0.295 e. The maximum atomic E-state index is 13.5.